The Morgan fingerprint density at radius 3 is 2.84 bits per heavy atom. The van der Waals surface area contributed by atoms with Crippen molar-refractivity contribution in [3.05, 3.63) is 47.8 Å². The smallest absolute Gasteiger partial charge is 0.0948 e. The molecule has 134 valence electrons. The summed E-state index contributed by atoms with van der Waals surface area (Å²) in [5.41, 5.74) is 3.51. The second kappa shape index (κ2) is 7.67. The average molecular weight is 340 g/mol. The highest BCUT2D eigenvalue weighted by molar-refractivity contribution is 5.10. The molecule has 0 radical (unpaired) electrons. The predicted octanol–water partition coefficient (Wildman–Crippen LogP) is 3.04. The van der Waals surface area contributed by atoms with Crippen LogP contribution in [0.2, 0.25) is 0 Å². The van der Waals surface area contributed by atoms with Crippen molar-refractivity contribution >= 4 is 0 Å². The molecule has 1 aliphatic carbocycles. The number of rotatable bonds is 6. The number of aromatic nitrogens is 3. The highest BCUT2D eigenvalue weighted by atomic mass is 16.5. The van der Waals surface area contributed by atoms with Crippen LogP contribution in [0.25, 0.3) is 0 Å². The van der Waals surface area contributed by atoms with Crippen molar-refractivity contribution < 1.29 is 4.74 Å². The molecular formula is C20H28N4O. The summed E-state index contributed by atoms with van der Waals surface area (Å²) >= 11 is 0. The SMILES string of the molecule is Cc1cccc(CN2Cc3cncn3CC(COCC3CCC3)C2)n1. The van der Waals surface area contributed by atoms with Gasteiger partial charge < -0.3 is 9.30 Å². The largest absolute Gasteiger partial charge is 0.381 e. The summed E-state index contributed by atoms with van der Waals surface area (Å²) in [6.07, 6.45) is 8.03. The standard InChI is InChI=1S/C20H28N4O/c1-16-4-2-7-19(22-16)11-23-9-18(14-25-13-17-5-3-6-17)10-24-15-21-8-20(24)12-23/h2,4,7-8,15,17-18H,3,5-6,9-14H2,1H3. The summed E-state index contributed by atoms with van der Waals surface area (Å²) in [6.45, 7) is 7.68. The molecule has 0 N–H and O–H groups in total. The highest BCUT2D eigenvalue weighted by Gasteiger charge is 2.24. The molecule has 0 aromatic carbocycles. The molecule has 1 unspecified atom stereocenters. The van der Waals surface area contributed by atoms with Gasteiger partial charge in [-0.2, -0.15) is 0 Å². The van der Waals surface area contributed by atoms with Crippen molar-refractivity contribution in [2.75, 3.05) is 19.8 Å². The van der Waals surface area contributed by atoms with Crippen LogP contribution in [0, 0.1) is 18.8 Å². The molecule has 1 aliphatic heterocycles. The van der Waals surface area contributed by atoms with Gasteiger partial charge in [-0.3, -0.25) is 9.88 Å². The molecule has 2 aliphatic rings. The molecule has 1 saturated carbocycles. The highest BCUT2D eigenvalue weighted by Crippen LogP contribution is 2.26. The van der Waals surface area contributed by atoms with E-state index in [2.05, 4.69) is 44.6 Å². The molecular weight excluding hydrogens is 312 g/mol. The molecule has 0 amide bonds. The zero-order valence-corrected chi connectivity index (χ0v) is 15.1. The van der Waals surface area contributed by atoms with E-state index in [1.807, 2.05) is 12.5 Å². The number of fused-ring (bicyclic) bond motifs is 1. The van der Waals surface area contributed by atoms with Gasteiger partial charge in [-0.1, -0.05) is 12.5 Å². The maximum Gasteiger partial charge on any atom is 0.0948 e. The van der Waals surface area contributed by atoms with E-state index in [1.165, 1.54) is 25.0 Å². The number of ether oxygens (including phenoxy) is 1. The lowest BCUT2D eigenvalue weighted by Crippen LogP contribution is -2.31. The van der Waals surface area contributed by atoms with E-state index in [4.69, 9.17) is 4.74 Å². The Kier molecular flexibility index (Phi) is 5.13. The second-order valence-electron chi connectivity index (χ2n) is 7.68. The number of imidazole rings is 1. The summed E-state index contributed by atoms with van der Waals surface area (Å²) in [6, 6.07) is 6.27. The van der Waals surface area contributed by atoms with Gasteiger partial charge in [-0.05, 0) is 37.8 Å². The second-order valence-corrected chi connectivity index (χ2v) is 7.68. The topological polar surface area (TPSA) is 43.2 Å². The summed E-state index contributed by atoms with van der Waals surface area (Å²) in [5.74, 6) is 1.31. The molecule has 2 aromatic rings. The molecule has 3 heterocycles. The Balaban J connectivity index is 1.41. The van der Waals surface area contributed by atoms with Crippen LogP contribution in [-0.2, 0) is 24.4 Å². The maximum atomic E-state index is 6.07. The lowest BCUT2D eigenvalue weighted by atomic mass is 9.86. The van der Waals surface area contributed by atoms with Crippen LogP contribution < -0.4 is 0 Å². The molecule has 1 atom stereocenters. The van der Waals surface area contributed by atoms with Crippen LogP contribution in [0.3, 0.4) is 0 Å². The normalized spacial score (nSPS) is 21.6. The van der Waals surface area contributed by atoms with Gasteiger partial charge in [0, 0.05) is 50.6 Å². The van der Waals surface area contributed by atoms with Crippen molar-refractivity contribution in [3.8, 4) is 0 Å². The Bertz CT molecular complexity index is 695. The number of hydrogen-bond donors (Lipinski definition) is 0. The van der Waals surface area contributed by atoms with Crippen LogP contribution in [0.4, 0.5) is 0 Å². The molecule has 5 nitrogen and oxygen atoms in total. The molecule has 1 fully saturated rings. The molecule has 0 spiro atoms. The fourth-order valence-corrected chi connectivity index (χ4v) is 3.84. The lowest BCUT2D eigenvalue weighted by Gasteiger charge is -2.27. The summed E-state index contributed by atoms with van der Waals surface area (Å²) in [4.78, 5) is 11.5. The van der Waals surface area contributed by atoms with Gasteiger partial charge >= 0.3 is 0 Å². The number of pyridine rings is 1. The van der Waals surface area contributed by atoms with Gasteiger partial charge in [-0.25, -0.2) is 4.98 Å². The molecule has 5 heteroatoms. The third kappa shape index (κ3) is 4.28. The minimum atomic E-state index is 0.500. The Labute approximate surface area is 150 Å². The fraction of sp³-hybridized carbons (Fsp3) is 0.600. The van der Waals surface area contributed by atoms with E-state index in [-0.39, 0.29) is 0 Å². The predicted molar refractivity (Wildman–Crippen MR) is 97.0 cm³/mol. The Morgan fingerprint density at radius 2 is 2.04 bits per heavy atom. The number of nitrogens with zero attached hydrogens (tertiary/aromatic N) is 4. The van der Waals surface area contributed by atoms with Gasteiger partial charge in [-0.15, -0.1) is 0 Å². The van der Waals surface area contributed by atoms with Gasteiger partial charge in [0.25, 0.3) is 0 Å². The van der Waals surface area contributed by atoms with Crippen LogP contribution in [0.1, 0.15) is 36.3 Å². The van der Waals surface area contributed by atoms with Gasteiger partial charge in [0.05, 0.1) is 24.3 Å². The Hall–Kier alpha value is -1.72. The van der Waals surface area contributed by atoms with E-state index in [9.17, 15) is 0 Å². The van der Waals surface area contributed by atoms with Crippen LogP contribution in [0.15, 0.2) is 30.7 Å². The quantitative estimate of drug-likeness (QED) is 0.811. The first kappa shape index (κ1) is 16.7. The van der Waals surface area contributed by atoms with E-state index in [0.717, 1.165) is 56.7 Å². The van der Waals surface area contributed by atoms with Crippen molar-refractivity contribution in [2.45, 2.75) is 45.8 Å². The van der Waals surface area contributed by atoms with Gasteiger partial charge in [0.2, 0.25) is 0 Å². The first-order chi connectivity index (χ1) is 12.3. The summed E-state index contributed by atoms with van der Waals surface area (Å²) in [7, 11) is 0. The monoisotopic (exact) mass is 340 g/mol. The maximum absolute atomic E-state index is 6.07. The van der Waals surface area contributed by atoms with Crippen molar-refractivity contribution in [2.24, 2.45) is 11.8 Å². The van der Waals surface area contributed by atoms with E-state index >= 15 is 0 Å². The third-order valence-electron chi connectivity index (χ3n) is 5.42. The Morgan fingerprint density at radius 1 is 1.16 bits per heavy atom. The summed E-state index contributed by atoms with van der Waals surface area (Å²) < 4.78 is 8.36. The zero-order valence-electron chi connectivity index (χ0n) is 15.1. The molecule has 25 heavy (non-hydrogen) atoms. The lowest BCUT2D eigenvalue weighted by molar-refractivity contribution is 0.0357. The minimum absolute atomic E-state index is 0.500. The van der Waals surface area contributed by atoms with Crippen LogP contribution in [0.5, 0.6) is 0 Å². The first-order valence-electron chi connectivity index (χ1n) is 9.48. The zero-order chi connectivity index (χ0) is 17.1. The first-order valence-corrected chi connectivity index (χ1v) is 9.48. The van der Waals surface area contributed by atoms with E-state index in [1.54, 1.807) is 0 Å². The molecule has 2 aromatic heterocycles. The van der Waals surface area contributed by atoms with E-state index in [0.29, 0.717) is 5.92 Å². The summed E-state index contributed by atoms with van der Waals surface area (Å²) in [5, 5.41) is 0. The van der Waals surface area contributed by atoms with Gasteiger partial charge in [0.15, 0.2) is 0 Å². The van der Waals surface area contributed by atoms with Crippen molar-refractivity contribution in [1.29, 1.82) is 0 Å². The minimum Gasteiger partial charge on any atom is -0.381 e. The average Bonchev–Trinajstić information content (AvgIpc) is 2.89. The fourth-order valence-electron chi connectivity index (χ4n) is 3.84. The number of hydrogen-bond acceptors (Lipinski definition) is 4. The van der Waals surface area contributed by atoms with E-state index < -0.39 is 0 Å². The molecule has 4 rings (SSSR count). The van der Waals surface area contributed by atoms with Crippen LogP contribution in [-0.4, -0.2) is 39.2 Å². The van der Waals surface area contributed by atoms with Gasteiger partial charge in [0.1, 0.15) is 0 Å². The number of aryl methyl sites for hydroxylation is 1. The van der Waals surface area contributed by atoms with Crippen molar-refractivity contribution in [3.63, 3.8) is 0 Å². The van der Waals surface area contributed by atoms with Crippen molar-refractivity contribution in [1.82, 2.24) is 19.4 Å². The third-order valence-corrected chi connectivity index (χ3v) is 5.42. The molecule has 0 bridgehead atoms. The molecule has 0 saturated heterocycles. The van der Waals surface area contributed by atoms with Crippen LogP contribution >= 0.6 is 0 Å².